The predicted octanol–water partition coefficient (Wildman–Crippen LogP) is 1.91. The summed E-state index contributed by atoms with van der Waals surface area (Å²) in [5.41, 5.74) is 2.20. The van der Waals surface area contributed by atoms with Crippen LogP contribution in [0.25, 0.3) is 0 Å². The molecule has 0 aliphatic heterocycles. The van der Waals surface area contributed by atoms with Crippen LogP contribution in [0.4, 0.5) is 5.95 Å². The van der Waals surface area contributed by atoms with Gasteiger partial charge in [0, 0.05) is 37.6 Å². The van der Waals surface area contributed by atoms with E-state index in [-0.39, 0.29) is 0 Å². The standard InChI is InChI=1S/C13H22N4/c1-5-7-14-9-12-10-15-13(16-11(12)3)17(4)8-6-2/h6,10,14H,2,5,7-9H2,1,3-4H3. The van der Waals surface area contributed by atoms with Crippen LogP contribution in [-0.2, 0) is 6.54 Å². The maximum Gasteiger partial charge on any atom is 0.225 e. The minimum absolute atomic E-state index is 0.752. The number of aromatic nitrogens is 2. The summed E-state index contributed by atoms with van der Waals surface area (Å²) < 4.78 is 0. The number of rotatable bonds is 7. The lowest BCUT2D eigenvalue weighted by atomic mass is 10.2. The zero-order valence-electron chi connectivity index (χ0n) is 11.0. The molecule has 4 heteroatoms. The van der Waals surface area contributed by atoms with Crippen molar-refractivity contribution >= 4 is 5.95 Å². The maximum atomic E-state index is 4.50. The molecule has 0 aromatic carbocycles. The molecule has 1 rings (SSSR count). The van der Waals surface area contributed by atoms with Gasteiger partial charge in [-0.05, 0) is 19.9 Å². The van der Waals surface area contributed by atoms with E-state index >= 15 is 0 Å². The van der Waals surface area contributed by atoms with Crippen molar-refractivity contribution < 1.29 is 0 Å². The Hall–Kier alpha value is -1.42. The fourth-order valence-corrected chi connectivity index (χ4v) is 1.51. The Morgan fingerprint density at radius 3 is 2.88 bits per heavy atom. The molecule has 0 radical (unpaired) electrons. The average molecular weight is 234 g/mol. The topological polar surface area (TPSA) is 41.1 Å². The van der Waals surface area contributed by atoms with Gasteiger partial charge >= 0.3 is 0 Å². The number of hydrogen-bond donors (Lipinski definition) is 1. The van der Waals surface area contributed by atoms with Crippen molar-refractivity contribution in [3.63, 3.8) is 0 Å². The van der Waals surface area contributed by atoms with Crippen LogP contribution in [-0.4, -0.2) is 30.1 Å². The third kappa shape index (κ3) is 4.15. The Morgan fingerprint density at radius 2 is 2.29 bits per heavy atom. The predicted molar refractivity (Wildman–Crippen MR) is 72.2 cm³/mol. The molecular formula is C13H22N4. The van der Waals surface area contributed by atoms with Gasteiger partial charge in [0.05, 0.1) is 0 Å². The summed E-state index contributed by atoms with van der Waals surface area (Å²) in [6.07, 6.45) is 4.88. The van der Waals surface area contributed by atoms with Crippen molar-refractivity contribution in [2.24, 2.45) is 0 Å². The van der Waals surface area contributed by atoms with Crippen LogP contribution in [0.1, 0.15) is 24.6 Å². The highest BCUT2D eigenvalue weighted by atomic mass is 15.2. The van der Waals surface area contributed by atoms with Gasteiger partial charge in [-0.2, -0.15) is 0 Å². The molecule has 94 valence electrons. The Kier molecular flexibility index (Phi) is 5.63. The highest BCUT2D eigenvalue weighted by molar-refractivity contribution is 5.32. The molecule has 0 aliphatic carbocycles. The van der Waals surface area contributed by atoms with Gasteiger partial charge in [-0.15, -0.1) is 6.58 Å². The molecule has 1 heterocycles. The number of anilines is 1. The monoisotopic (exact) mass is 234 g/mol. The Bertz CT molecular complexity index is 362. The molecule has 0 saturated carbocycles. The summed E-state index contributed by atoms with van der Waals surface area (Å²) in [6, 6.07) is 0. The number of nitrogens with one attached hydrogen (secondary N) is 1. The molecule has 0 amide bonds. The van der Waals surface area contributed by atoms with Crippen LogP contribution >= 0.6 is 0 Å². The molecule has 1 aromatic heterocycles. The van der Waals surface area contributed by atoms with E-state index < -0.39 is 0 Å². The molecule has 0 bridgehead atoms. The third-order valence-electron chi connectivity index (χ3n) is 2.55. The average Bonchev–Trinajstić information content (AvgIpc) is 2.31. The Balaban J connectivity index is 2.68. The van der Waals surface area contributed by atoms with Gasteiger partial charge in [0.2, 0.25) is 5.95 Å². The minimum Gasteiger partial charge on any atom is -0.340 e. The van der Waals surface area contributed by atoms with Gasteiger partial charge in [0.25, 0.3) is 0 Å². The van der Waals surface area contributed by atoms with Crippen molar-refractivity contribution in [2.45, 2.75) is 26.8 Å². The highest BCUT2D eigenvalue weighted by Gasteiger charge is 2.05. The summed E-state index contributed by atoms with van der Waals surface area (Å²) >= 11 is 0. The first kappa shape index (κ1) is 13.6. The largest absolute Gasteiger partial charge is 0.340 e. The quantitative estimate of drug-likeness (QED) is 0.578. The lowest BCUT2D eigenvalue weighted by Gasteiger charge is -2.16. The van der Waals surface area contributed by atoms with Gasteiger partial charge < -0.3 is 10.2 Å². The lowest BCUT2D eigenvalue weighted by Crippen LogP contribution is -2.21. The number of hydrogen-bond acceptors (Lipinski definition) is 4. The summed E-state index contributed by atoms with van der Waals surface area (Å²) in [4.78, 5) is 10.8. The van der Waals surface area contributed by atoms with Crippen LogP contribution in [0, 0.1) is 6.92 Å². The molecule has 1 aromatic rings. The van der Waals surface area contributed by atoms with Crippen molar-refractivity contribution in [3.8, 4) is 0 Å². The summed E-state index contributed by atoms with van der Waals surface area (Å²) in [5.74, 6) is 0.752. The lowest BCUT2D eigenvalue weighted by molar-refractivity contribution is 0.668. The molecule has 0 fully saturated rings. The van der Waals surface area contributed by atoms with Crippen LogP contribution in [0.15, 0.2) is 18.9 Å². The van der Waals surface area contributed by atoms with Crippen molar-refractivity contribution in [3.05, 3.63) is 30.1 Å². The SMILES string of the molecule is C=CCN(C)c1ncc(CNCCC)c(C)n1. The number of aryl methyl sites for hydroxylation is 1. The van der Waals surface area contributed by atoms with Crippen LogP contribution < -0.4 is 10.2 Å². The fraction of sp³-hybridized carbons (Fsp3) is 0.538. The van der Waals surface area contributed by atoms with Gasteiger partial charge in [-0.25, -0.2) is 9.97 Å². The van der Waals surface area contributed by atoms with E-state index in [0.29, 0.717) is 0 Å². The maximum absolute atomic E-state index is 4.50. The zero-order chi connectivity index (χ0) is 12.7. The summed E-state index contributed by atoms with van der Waals surface area (Å²) in [7, 11) is 1.96. The van der Waals surface area contributed by atoms with E-state index in [9.17, 15) is 0 Å². The van der Waals surface area contributed by atoms with Crippen molar-refractivity contribution in [2.75, 3.05) is 25.0 Å². The van der Waals surface area contributed by atoms with Crippen LogP contribution in [0.5, 0.6) is 0 Å². The van der Waals surface area contributed by atoms with Crippen molar-refractivity contribution in [1.29, 1.82) is 0 Å². The first-order chi connectivity index (χ1) is 8.19. The second-order valence-corrected chi connectivity index (χ2v) is 4.13. The second-order valence-electron chi connectivity index (χ2n) is 4.13. The van der Waals surface area contributed by atoms with E-state index in [0.717, 1.165) is 43.3 Å². The fourth-order valence-electron chi connectivity index (χ4n) is 1.51. The summed E-state index contributed by atoms with van der Waals surface area (Å²) in [5, 5.41) is 3.36. The number of likely N-dealkylation sites (N-methyl/N-ethyl adjacent to an activating group) is 1. The zero-order valence-corrected chi connectivity index (χ0v) is 11.0. The van der Waals surface area contributed by atoms with E-state index in [4.69, 9.17) is 0 Å². The molecule has 4 nitrogen and oxygen atoms in total. The summed E-state index contributed by atoms with van der Waals surface area (Å²) in [6.45, 7) is 10.5. The molecule has 1 N–H and O–H groups in total. The third-order valence-corrected chi connectivity index (χ3v) is 2.55. The molecule has 0 atom stereocenters. The minimum atomic E-state index is 0.752. The molecule has 0 saturated heterocycles. The molecule has 0 aliphatic rings. The van der Waals surface area contributed by atoms with E-state index in [2.05, 4.69) is 28.8 Å². The van der Waals surface area contributed by atoms with Gasteiger partial charge in [-0.3, -0.25) is 0 Å². The van der Waals surface area contributed by atoms with Gasteiger partial charge in [0.1, 0.15) is 0 Å². The number of nitrogens with zero attached hydrogens (tertiary/aromatic N) is 3. The first-order valence-corrected chi connectivity index (χ1v) is 6.04. The molecule has 0 spiro atoms. The Labute approximate surface area is 104 Å². The normalized spacial score (nSPS) is 10.3. The van der Waals surface area contributed by atoms with Gasteiger partial charge in [-0.1, -0.05) is 13.0 Å². The molecule has 17 heavy (non-hydrogen) atoms. The van der Waals surface area contributed by atoms with E-state index in [1.807, 2.05) is 31.1 Å². The smallest absolute Gasteiger partial charge is 0.225 e. The van der Waals surface area contributed by atoms with Gasteiger partial charge in [0.15, 0.2) is 0 Å². The van der Waals surface area contributed by atoms with E-state index in [1.165, 1.54) is 0 Å². The van der Waals surface area contributed by atoms with E-state index in [1.54, 1.807) is 0 Å². The highest BCUT2D eigenvalue weighted by Crippen LogP contribution is 2.09. The van der Waals surface area contributed by atoms with Crippen LogP contribution in [0.2, 0.25) is 0 Å². The van der Waals surface area contributed by atoms with Crippen molar-refractivity contribution in [1.82, 2.24) is 15.3 Å². The molecular weight excluding hydrogens is 212 g/mol. The van der Waals surface area contributed by atoms with Crippen LogP contribution in [0.3, 0.4) is 0 Å². The second kappa shape index (κ2) is 7.01. The first-order valence-electron chi connectivity index (χ1n) is 6.04. The molecule has 0 unspecified atom stereocenters. The Morgan fingerprint density at radius 1 is 1.53 bits per heavy atom.